The van der Waals surface area contributed by atoms with E-state index in [0.29, 0.717) is 13.1 Å². The molecule has 0 spiro atoms. The number of β-amino-alcohol motifs (C(OH)–C–C–N with tert-alkyl or cyclic N) is 1. The maximum absolute atomic E-state index is 11.9. The molecule has 1 saturated heterocycles. The van der Waals surface area contributed by atoms with Gasteiger partial charge in [0.1, 0.15) is 11.3 Å². The zero-order chi connectivity index (χ0) is 12.6. The number of nitrogens with one attached hydrogen (secondary N) is 1. The predicted molar refractivity (Wildman–Crippen MR) is 62.8 cm³/mol. The Morgan fingerprint density at radius 3 is 2.65 bits per heavy atom. The standard InChI is InChI=1S/C12H16N2O3/c1-8(2)12(17)6-14(7-12)11(16)9-4-3-5-10(15)13-9/h3-5,8,17H,6-7H2,1-2H3,(H,13,15). The Bertz CT molecular complexity index is 487. The summed E-state index contributed by atoms with van der Waals surface area (Å²) in [7, 11) is 0. The van der Waals surface area contributed by atoms with Crippen LogP contribution in [0.4, 0.5) is 0 Å². The molecule has 1 fully saturated rings. The van der Waals surface area contributed by atoms with Crippen molar-refractivity contribution >= 4 is 5.91 Å². The minimum Gasteiger partial charge on any atom is -0.386 e. The van der Waals surface area contributed by atoms with Crippen LogP contribution in [0.3, 0.4) is 0 Å². The number of likely N-dealkylation sites (tertiary alicyclic amines) is 1. The fraction of sp³-hybridized carbons (Fsp3) is 0.500. The van der Waals surface area contributed by atoms with Gasteiger partial charge in [0.05, 0.1) is 13.1 Å². The molecule has 1 aliphatic rings. The van der Waals surface area contributed by atoms with E-state index in [4.69, 9.17) is 0 Å². The minimum absolute atomic E-state index is 0.112. The average Bonchev–Trinajstić information content (AvgIpc) is 2.23. The van der Waals surface area contributed by atoms with Crippen molar-refractivity contribution in [1.82, 2.24) is 9.88 Å². The van der Waals surface area contributed by atoms with Crippen LogP contribution in [-0.2, 0) is 0 Å². The lowest BCUT2D eigenvalue weighted by atomic mass is 9.83. The first-order valence-electron chi connectivity index (χ1n) is 5.63. The van der Waals surface area contributed by atoms with E-state index in [1.165, 1.54) is 11.0 Å². The van der Waals surface area contributed by atoms with Gasteiger partial charge in [-0.3, -0.25) is 9.59 Å². The monoisotopic (exact) mass is 236 g/mol. The number of hydrogen-bond donors (Lipinski definition) is 2. The summed E-state index contributed by atoms with van der Waals surface area (Å²) < 4.78 is 0. The molecule has 0 atom stereocenters. The van der Waals surface area contributed by atoms with E-state index in [0.717, 1.165) is 0 Å². The van der Waals surface area contributed by atoms with Gasteiger partial charge in [-0.1, -0.05) is 19.9 Å². The third-order valence-electron chi connectivity index (χ3n) is 3.29. The third-order valence-corrected chi connectivity index (χ3v) is 3.29. The summed E-state index contributed by atoms with van der Waals surface area (Å²) in [5, 5.41) is 10.0. The van der Waals surface area contributed by atoms with Crippen molar-refractivity contribution in [1.29, 1.82) is 0 Å². The predicted octanol–water partition coefficient (Wildman–Crippen LogP) is 0.218. The van der Waals surface area contributed by atoms with Crippen molar-refractivity contribution in [2.45, 2.75) is 19.4 Å². The Morgan fingerprint density at radius 1 is 1.47 bits per heavy atom. The van der Waals surface area contributed by atoms with Crippen LogP contribution >= 0.6 is 0 Å². The Balaban J connectivity index is 2.08. The number of H-pyrrole nitrogens is 1. The van der Waals surface area contributed by atoms with Gasteiger partial charge in [0.25, 0.3) is 5.91 Å². The fourth-order valence-corrected chi connectivity index (χ4v) is 1.87. The van der Waals surface area contributed by atoms with Crippen LogP contribution in [-0.4, -0.2) is 39.6 Å². The summed E-state index contributed by atoms with van der Waals surface area (Å²) in [6, 6.07) is 4.47. The number of nitrogens with zero attached hydrogens (tertiary/aromatic N) is 1. The summed E-state index contributed by atoms with van der Waals surface area (Å²) in [5.74, 6) is -0.130. The molecule has 0 unspecified atom stereocenters. The van der Waals surface area contributed by atoms with Crippen LogP contribution in [0.1, 0.15) is 24.3 Å². The van der Waals surface area contributed by atoms with Gasteiger partial charge in [-0.05, 0) is 12.0 Å². The number of amides is 1. The minimum atomic E-state index is -0.787. The van der Waals surface area contributed by atoms with Crippen molar-refractivity contribution in [2.24, 2.45) is 5.92 Å². The van der Waals surface area contributed by atoms with Crippen LogP contribution in [0.25, 0.3) is 0 Å². The van der Waals surface area contributed by atoms with E-state index in [1.54, 1.807) is 12.1 Å². The maximum atomic E-state index is 11.9. The molecule has 17 heavy (non-hydrogen) atoms. The van der Waals surface area contributed by atoms with E-state index in [1.807, 2.05) is 13.8 Å². The lowest BCUT2D eigenvalue weighted by molar-refractivity contribution is -0.111. The van der Waals surface area contributed by atoms with Crippen LogP contribution in [0, 0.1) is 5.92 Å². The van der Waals surface area contributed by atoms with E-state index in [2.05, 4.69) is 4.98 Å². The first kappa shape index (κ1) is 11.9. The molecule has 1 amide bonds. The van der Waals surface area contributed by atoms with Gasteiger partial charge in [-0.2, -0.15) is 0 Å². The number of aliphatic hydroxyl groups is 1. The molecule has 0 bridgehead atoms. The zero-order valence-electron chi connectivity index (χ0n) is 9.93. The van der Waals surface area contributed by atoms with Crippen molar-refractivity contribution in [2.75, 3.05) is 13.1 Å². The van der Waals surface area contributed by atoms with E-state index in [9.17, 15) is 14.7 Å². The molecular formula is C12H16N2O3. The third kappa shape index (κ3) is 2.10. The Morgan fingerprint density at radius 2 is 2.12 bits per heavy atom. The summed E-state index contributed by atoms with van der Waals surface area (Å²) in [6.45, 7) is 4.49. The Kier molecular flexibility index (Phi) is 2.79. The van der Waals surface area contributed by atoms with Gasteiger partial charge < -0.3 is 15.0 Å². The van der Waals surface area contributed by atoms with Crippen molar-refractivity contribution in [3.05, 3.63) is 34.2 Å². The molecule has 1 aromatic heterocycles. The van der Waals surface area contributed by atoms with E-state index in [-0.39, 0.29) is 23.1 Å². The molecule has 0 radical (unpaired) electrons. The number of aromatic amines is 1. The van der Waals surface area contributed by atoms with Crippen molar-refractivity contribution < 1.29 is 9.90 Å². The molecule has 1 aliphatic heterocycles. The number of carbonyl (C=O) groups excluding carboxylic acids is 1. The molecule has 2 rings (SSSR count). The highest BCUT2D eigenvalue weighted by molar-refractivity contribution is 5.93. The summed E-state index contributed by atoms with van der Waals surface area (Å²) in [6.07, 6.45) is 0. The number of pyridine rings is 1. The topological polar surface area (TPSA) is 73.4 Å². The zero-order valence-corrected chi connectivity index (χ0v) is 9.93. The largest absolute Gasteiger partial charge is 0.386 e. The summed E-state index contributed by atoms with van der Waals surface area (Å²) >= 11 is 0. The van der Waals surface area contributed by atoms with E-state index < -0.39 is 5.60 Å². The Labute approximate surface area is 99.1 Å². The normalized spacial score (nSPS) is 18.0. The molecule has 1 aromatic rings. The SMILES string of the molecule is CC(C)C1(O)CN(C(=O)c2cccc(=O)[nH]2)C1. The fourth-order valence-electron chi connectivity index (χ4n) is 1.87. The van der Waals surface area contributed by atoms with Crippen molar-refractivity contribution in [3.8, 4) is 0 Å². The van der Waals surface area contributed by atoms with Crippen LogP contribution in [0.2, 0.25) is 0 Å². The molecule has 5 nitrogen and oxygen atoms in total. The lowest BCUT2D eigenvalue weighted by Crippen LogP contribution is -2.66. The second-order valence-corrected chi connectivity index (χ2v) is 4.85. The highest BCUT2D eigenvalue weighted by atomic mass is 16.3. The molecule has 0 aliphatic carbocycles. The Hall–Kier alpha value is -1.62. The van der Waals surface area contributed by atoms with Gasteiger partial charge >= 0.3 is 0 Å². The molecule has 0 saturated carbocycles. The molecular weight excluding hydrogens is 220 g/mol. The molecule has 2 N–H and O–H groups in total. The number of aromatic nitrogens is 1. The average molecular weight is 236 g/mol. The quantitative estimate of drug-likeness (QED) is 0.771. The smallest absolute Gasteiger partial charge is 0.270 e. The lowest BCUT2D eigenvalue weighted by Gasteiger charge is -2.48. The molecule has 92 valence electrons. The van der Waals surface area contributed by atoms with Gasteiger partial charge in [0, 0.05) is 6.07 Å². The van der Waals surface area contributed by atoms with Crippen molar-refractivity contribution in [3.63, 3.8) is 0 Å². The summed E-state index contributed by atoms with van der Waals surface area (Å²) in [5.41, 5.74) is -0.816. The number of rotatable bonds is 2. The van der Waals surface area contributed by atoms with E-state index >= 15 is 0 Å². The highest BCUT2D eigenvalue weighted by Gasteiger charge is 2.46. The number of hydrogen-bond acceptors (Lipinski definition) is 3. The van der Waals surface area contributed by atoms with Crippen LogP contribution in [0.5, 0.6) is 0 Å². The maximum Gasteiger partial charge on any atom is 0.270 e. The first-order chi connectivity index (χ1) is 7.92. The van der Waals surface area contributed by atoms with Crippen LogP contribution < -0.4 is 5.56 Å². The van der Waals surface area contributed by atoms with Crippen LogP contribution in [0.15, 0.2) is 23.0 Å². The van der Waals surface area contributed by atoms with Gasteiger partial charge in [-0.15, -0.1) is 0 Å². The summed E-state index contributed by atoms with van der Waals surface area (Å²) in [4.78, 5) is 27.0. The molecule has 0 aromatic carbocycles. The van der Waals surface area contributed by atoms with Gasteiger partial charge in [0.2, 0.25) is 5.56 Å². The number of carbonyl (C=O) groups is 1. The second-order valence-electron chi connectivity index (χ2n) is 4.85. The van der Waals surface area contributed by atoms with Gasteiger partial charge in [0.15, 0.2) is 0 Å². The second kappa shape index (κ2) is 4.00. The van der Waals surface area contributed by atoms with Gasteiger partial charge in [-0.25, -0.2) is 0 Å². The molecule has 5 heteroatoms. The first-order valence-corrected chi connectivity index (χ1v) is 5.63. The molecule has 2 heterocycles. The highest BCUT2D eigenvalue weighted by Crippen LogP contribution is 2.29.